The molecule has 3 heteroatoms. The van der Waals surface area contributed by atoms with E-state index in [0.29, 0.717) is 5.41 Å². The molecule has 0 unspecified atom stereocenters. The largest absolute Gasteiger partial charge is 0.316 e. The molecule has 1 aliphatic carbocycles. The van der Waals surface area contributed by atoms with Crippen LogP contribution in [0.2, 0.25) is 5.02 Å². The maximum absolute atomic E-state index is 13.1. The molecular formula is C15H21ClFN. The predicted molar refractivity (Wildman–Crippen MR) is 74.6 cm³/mol. The van der Waals surface area contributed by atoms with Crippen molar-refractivity contribution in [2.75, 3.05) is 13.1 Å². The second-order valence-electron chi connectivity index (χ2n) is 5.46. The van der Waals surface area contributed by atoms with Gasteiger partial charge in [0.2, 0.25) is 0 Å². The van der Waals surface area contributed by atoms with Gasteiger partial charge in [-0.1, -0.05) is 31.0 Å². The van der Waals surface area contributed by atoms with Gasteiger partial charge in [-0.3, -0.25) is 0 Å². The minimum Gasteiger partial charge on any atom is -0.316 e. The Balaban J connectivity index is 1.98. The van der Waals surface area contributed by atoms with Gasteiger partial charge in [0, 0.05) is 6.54 Å². The van der Waals surface area contributed by atoms with E-state index in [0.717, 1.165) is 25.1 Å². The fraction of sp³-hybridized carbons (Fsp3) is 0.600. The smallest absolute Gasteiger partial charge is 0.141 e. The molecule has 1 saturated carbocycles. The number of hydrogen-bond acceptors (Lipinski definition) is 1. The molecule has 1 N–H and O–H groups in total. The highest BCUT2D eigenvalue weighted by Crippen LogP contribution is 2.43. The van der Waals surface area contributed by atoms with Crippen LogP contribution in [0.5, 0.6) is 0 Å². The van der Waals surface area contributed by atoms with Gasteiger partial charge in [-0.25, -0.2) is 4.39 Å². The molecule has 0 aromatic heterocycles. The minimum atomic E-state index is -0.327. The Morgan fingerprint density at radius 1 is 1.39 bits per heavy atom. The predicted octanol–water partition coefficient (Wildman–Crippen LogP) is 4.19. The summed E-state index contributed by atoms with van der Waals surface area (Å²) in [7, 11) is 0. The van der Waals surface area contributed by atoms with Crippen molar-refractivity contribution in [1.29, 1.82) is 0 Å². The average molecular weight is 270 g/mol. The molecule has 0 spiro atoms. The Hall–Kier alpha value is -0.600. The fourth-order valence-corrected chi connectivity index (χ4v) is 2.91. The van der Waals surface area contributed by atoms with Crippen molar-refractivity contribution in [1.82, 2.24) is 5.32 Å². The van der Waals surface area contributed by atoms with Gasteiger partial charge in [-0.2, -0.15) is 0 Å². The van der Waals surface area contributed by atoms with Crippen LogP contribution in [-0.4, -0.2) is 13.1 Å². The van der Waals surface area contributed by atoms with Crippen LogP contribution in [-0.2, 0) is 6.42 Å². The second-order valence-corrected chi connectivity index (χ2v) is 5.86. The molecule has 1 aromatic rings. The van der Waals surface area contributed by atoms with E-state index in [1.54, 1.807) is 6.07 Å². The van der Waals surface area contributed by atoms with Gasteiger partial charge in [0.25, 0.3) is 0 Å². The summed E-state index contributed by atoms with van der Waals surface area (Å²) >= 11 is 5.84. The highest BCUT2D eigenvalue weighted by atomic mass is 35.5. The van der Waals surface area contributed by atoms with Crippen molar-refractivity contribution in [3.8, 4) is 0 Å². The standard InChI is InChI=1S/C15H21ClFN/c1-2-8-18-11-15(6-3-7-15)10-12-4-5-14(17)13(16)9-12/h4-5,9,18H,2-3,6-8,10-11H2,1H3. The summed E-state index contributed by atoms with van der Waals surface area (Å²) in [6, 6.07) is 5.11. The average Bonchev–Trinajstić information content (AvgIpc) is 2.31. The molecule has 0 amide bonds. The van der Waals surface area contributed by atoms with Crippen LogP contribution in [0.4, 0.5) is 4.39 Å². The van der Waals surface area contributed by atoms with Gasteiger partial charge in [0.15, 0.2) is 0 Å². The molecule has 1 aromatic carbocycles. The number of halogens is 2. The van der Waals surface area contributed by atoms with Gasteiger partial charge in [-0.15, -0.1) is 0 Å². The lowest BCUT2D eigenvalue weighted by Gasteiger charge is -2.42. The van der Waals surface area contributed by atoms with Crippen LogP contribution in [0.1, 0.15) is 38.2 Å². The zero-order chi connectivity index (χ0) is 13.0. The lowest BCUT2D eigenvalue weighted by atomic mass is 9.65. The maximum Gasteiger partial charge on any atom is 0.141 e. The van der Waals surface area contributed by atoms with Gasteiger partial charge < -0.3 is 5.32 Å². The van der Waals surface area contributed by atoms with Gasteiger partial charge in [0.1, 0.15) is 5.82 Å². The maximum atomic E-state index is 13.1. The first-order valence-electron chi connectivity index (χ1n) is 6.80. The first-order valence-corrected chi connectivity index (χ1v) is 7.18. The molecule has 2 rings (SSSR count). The third-order valence-electron chi connectivity index (χ3n) is 3.90. The van der Waals surface area contributed by atoms with Crippen molar-refractivity contribution in [3.63, 3.8) is 0 Å². The van der Waals surface area contributed by atoms with Gasteiger partial charge in [0.05, 0.1) is 5.02 Å². The van der Waals surface area contributed by atoms with Gasteiger partial charge >= 0.3 is 0 Å². The Morgan fingerprint density at radius 2 is 2.17 bits per heavy atom. The molecule has 0 heterocycles. The number of hydrogen-bond donors (Lipinski definition) is 1. The molecule has 0 radical (unpaired) electrons. The summed E-state index contributed by atoms with van der Waals surface area (Å²) in [5.41, 5.74) is 1.52. The number of nitrogens with one attached hydrogen (secondary N) is 1. The minimum absolute atomic E-state index is 0.239. The lowest BCUT2D eigenvalue weighted by molar-refractivity contribution is 0.130. The zero-order valence-corrected chi connectivity index (χ0v) is 11.7. The highest BCUT2D eigenvalue weighted by Gasteiger charge is 2.36. The fourth-order valence-electron chi connectivity index (χ4n) is 2.71. The van der Waals surface area contributed by atoms with Crippen LogP contribution < -0.4 is 5.32 Å². The van der Waals surface area contributed by atoms with Crippen LogP contribution in [0.15, 0.2) is 18.2 Å². The van der Waals surface area contributed by atoms with E-state index < -0.39 is 0 Å². The molecular weight excluding hydrogens is 249 g/mol. The lowest BCUT2D eigenvalue weighted by Crippen LogP contribution is -2.41. The van der Waals surface area contributed by atoms with Gasteiger partial charge in [-0.05, 0) is 55.3 Å². The van der Waals surface area contributed by atoms with E-state index in [1.807, 2.05) is 6.07 Å². The molecule has 1 fully saturated rings. The zero-order valence-electron chi connectivity index (χ0n) is 10.9. The molecule has 1 aliphatic rings. The van der Waals surface area contributed by atoms with E-state index in [2.05, 4.69) is 12.2 Å². The summed E-state index contributed by atoms with van der Waals surface area (Å²) in [6.07, 6.45) is 6.00. The first kappa shape index (κ1) is 13.8. The van der Waals surface area contributed by atoms with E-state index in [1.165, 1.54) is 31.7 Å². The van der Waals surface area contributed by atoms with Crippen molar-refractivity contribution in [3.05, 3.63) is 34.6 Å². The summed E-state index contributed by atoms with van der Waals surface area (Å²) in [5.74, 6) is -0.327. The van der Waals surface area contributed by atoms with Crippen molar-refractivity contribution >= 4 is 11.6 Å². The third-order valence-corrected chi connectivity index (χ3v) is 4.19. The molecule has 0 bridgehead atoms. The Kier molecular flexibility index (Phi) is 4.63. The Morgan fingerprint density at radius 3 is 2.72 bits per heavy atom. The van der Waals surface area contributed by atoms with Crippen LogP contribution in [0.3, 0.4) is 0 Å². The Bertz CT molecular complexity index is 401. The first-order chi connectivity index (χ1) is 8.65. The Labute approximate surface area is 114 Å². The highest BCUT2D eigenvalue weighted by molar-refractivity contribution is 6.30. The summed E-state index contributed by atoms with van der Waals surface area (Å²) in [5, 5.41) is 3.76. The SMILES string of the molecule is CCCNCC1(Cc2ccc(F)c(Cl)c2)CCC1. The quantitative estimate of drug-likeness (QED) is 0.764. The van der Waals surface area contributed by atoms with Crippen molar-refractivity contribution in [2.45, 2.75) is 39.0 Å². The third kappa shape index (κ3) is 3.24. The molecule has 100 valence electrons. The summed E-state index contributed by atoms with van der Waals surface area (Å²) < 4.78 is 13.1. The summed E-state index contributed by atoms with van der Waals surface area (Å²) in [4.78, 5) is 0. The van der Waals surface area contributed by atoms with Crippen molar-refractivity contribution < 1.29 is 4.39 Å². The molecule has 1 nitrogen and oxygen atoms in total. The van der Waals surface area contributed by atoms with E-state index in [-0.39, 0.29) is 10.8 Å². The number of benzene rings is 1. The van der Waals surface area contributed by atoms with E-state index >= 15 is 0 Å². The van der Waals surface area contributed by atoms with Crippen LogP contribution in [0, 0.1) is 11.2 Å². The molecule has 0 aliphatic heterocycles. The van der Waals surface area contributed by atoms with Crippen LogP contribution in [0.25, 0.3) is 0 Å². The summed E-state index contributed by atoms with van der Waals surface area (Å²) in [6.45, 7) is 4.32. The van der Waals surface area contributed by atoms with Crippen LogP contribution >= 0.6 is 11.6 Å². The molecule has 0 saturated heterocycles. The second kappa shape index (κ2) is 6.03. The topological polar surface area (TPSA) is 12.0 Å². The normalized spacial score (nSPS) is 17.5. The molecule has 0 atom stereocenters. The monoisotopic (exact) mass is 269 g/mol. The van der Waals surface area contributed by atoms with Crippen molar-refractivity contribution in [2.24, 2.45) is 5.41 Å². The van der Waals surface area contributed by atoms with E-state index in [9.17, 15) is 4.39 Å². The number of rotatable bonds is 6. The molecule has 18 heavy (non-hydrogen) atoms. The van der Waals surface area contributed by atoms with E-state index in [4.69, 9.17) is 11.6 Å².